The van der Waals surface area contributed by atoms with Crippen molar-refractivity contribution in [3.8, 4) is 67.8 Å². The fraction of sp³-hybridized carbons (Fsp3) is 0.296. The number of nitrogens with zero attached hydrogens (tertiary/aromatic N) is 2. The molecule has 3 heterocycles. The van der Waals surface area contributed by atoms with E-state index in [1.54, 1.807) is 12.3 Å². The molecule has 7 aromatic rings. The Hall–Kier alpha value is -5.26. The Balaban J connectivity index is 0.00000578. The topological polar surface area (TPSA) is 44.2 Å². The molecule has 0 saturated heterocycles. The zero-order chi connectivity index (χ0) is 43.5. The van der Waals surface area contributed by atoms with Crippen LogP contribution in [-0.2, 0) is 27.5 Å². The summed E-state index contributed by atoms with van der Waals surface area (Å²) in [5, 5.41) is 1.67. The first-order valence-corrected chi connectivity index (χ1v) is 21.1. The number of fused-ring (bicyclic) bond motifs is 2. The van der Waals surface area contributed by atoms with Gasteiger partial charge in [-0.15, -0.1) is 28.8 Å². The van der Waals surface area contributed by atoms with Gasteiger partial charge in [0.25, 0.3) is 0 Å². The molecule has 8 rings (SSSR count). The Labute approximate surface area is 378 Å². The van der Waals surface area contributed by atoms with Crippen LogP contribution < -0.4 is 9.47 Å². The number of hydrogen-bond acceptors (Lipinski definition) is 4. The van der Waals surface area contributed by atoms with Crippen LogP contribution in [-0.4, -0.2) is 16.1 Å². The Morgan fingerprint density at radius 3 is 2.03 bits per heavy atom. The van der Waals surface area contributed by atoms with Crippen molar-refractivity contribution in [2.24, 2.45) is 5.41 Å². The first-order chi connectivity index (χ1) is 28.9. The van der Waals surface area contributed by atoms with Crippen LogP contribution in [0, 0.1) is 31.4 Å². The molecule has 0 amide bonds. The van der Waals surface area contributed by atoms with Gasteiger partial charge in [0.1, 0.15) is 11.5 Å². The number of benzene rings is 5. The summed E-state index contributed by atoms with van der Waals surface area (Å²) in [6, 6.07) is 35.3. The molecule has 0 unspecified atom stereocenters. The van der Waals surface area contributed by atoms with Crippen molar-refractivity contribution in [3.63, 3.8) is 0 Å². The van der Waals surface area contributed by atoms with Crippen LogP contribution in [0.4, 0.5) is 13.2 Å². The van der Waals surface area contributed by atoms with Crippen LogP contribution in [0.1, 0.15) is 107 Å². The normalized spacial score (nSPS) is 12.5. The number of hydrogen-bond donors (Lipinski definition) is 0. The van der Waals surface area contributed by atoms with Crippen molar-refractivity contribution in [1.82, 2.24) is 9.97 Å². The molecule has 0 fully saturated rings. The van der Waals surface area contributed by atoms with E-state index in [1.807, 2.05) is 61.7 Å². The Bertz CT molecular complexity index is 2790. The molecule has 2 aromatic heterocycles. The third-order valence-corrected chi connectivity index (χ3v) is 11.7. The minimum atomic E-state index is -4.36. The van der Waals surface area contributed by atoms with Crippen molar-refractivity contribution in [2.45, 2.75) is 99.6 Å². The smallest absolute Gasteiger partial charge is 0.497 e. The molecule has 8 heteroatoms. The predicted molar refractivity (Wildman–Crippen MR) is 241 cm³/mol. The van der Waals surface area contributed by atoms with Crippen molar-refractivity contribution >= 4 is 10.8 Å². The van der Waals surface area contributed by atoms with Crippen LogP contribution in [0.3, 0.4) is 0 Å². The predicted octanol–water partition coefficient (Wildman–Crippen LogP) is 15.9. The molecule has 62 heavy (non-hydrogen) atoms. The van der Waals surface area contributed by atoms with Crippen LogP contribution in [0.15, 0.2) is 97.3 Å². The van der Waals surface area contributed by atoms with Gasteiger partial charge in [-0.2, -0.15) is 13.2 Å². The summed E-state index contributed by atoms with van der Waals surface area (Å²) in [6.07, 6.45) is -0.980. The van der Waals surface area contributed by atoms with E-state index in [4.69, 9.17) is 19.4 Å². The van der Waals surface area contributed by atoms with E-state index in [-0.39, 0.29) is 39.3 Å². The van der Waals surface area contributed by atoms with Crippen LogP contribution in [0.5, 0.6) is 23.0 Å². The summed E-state index contributed by atoms with van der Waals surface area (Å²) < 4.78 is 55.5. The van der Waals surface area contributed by atoms with Gasteiger partial charge in [0, 0.05) is 40.5 Å². The summed E-state index contributed by atoms with van der Waals surface area (Å²) in [5.41, 5.74) is 11.3. The number of ether oxygens (including phenoxy) is 2. The van der Waals surface area contributed by atoms with Crippen molar-refractivity contribution < 1.29 is 43.7 Å². The largest absolute Gasteiger partial charge is 2.00 e. The molecule has 0 bridgehead atoms. The van der Waals surface area contributed by atoms with Crippen molar-refractivity contribution in [1.29, 1.82) is 0 Å². The number of pyridine rings is 2. The van der Waals surface area contributed by atoms with E-state index in [0.717, 1.165) is 49.8 Å². The molecule has 0 N–H and O–H groups in total. The third kappa shape index (κ3) is 8.71. The Kier molecular flexibility index (Phi) is 12.4. The average Bonchev–Trinajstić information content (AvgIpc) is 3.19. The number of alkyl halides is 3. The van der Waals surface area contributed by atoms with Gasteiger partial charge in [-0.3, -0.25) is 0 Å². The Morgan fingerprint density at radius 2 is 1.37 bits per heavy atom. The second kappa shape index (κ2) is 17.1. The Morgan fingerprint density at radius 1 is 0.694 bits per heavy atom. The van der Waals surface area contributed by atoms with E-state index in [0.29, 0.717) is 45.7 Å². The number of rotatable bonds is 10. The standard InChI is InChI=1S/C54H51F3N2O2.Pt/c1-30(2)37-27-45(31(3)4)49(46(28-37)32(5)6)39-23-38(47-20-33(7)14-16-58-47)24-42(25-39)60-41-19-34(8)18-40(26-41)51-52-44(15-17-59-51)43-13-11-12-36-21-35(22-48(61-52)50(36)43)29-53(9,10)54(55,56)57;/h11-23,25,27-28,30-32H,29H2,1-10H3;/q-2;+2. The van der Waals surface area contributed by atoms with Gasteiger partial charge in [-0.25, -0.2) is 0 Å². The van der Waals surface area contributed by atoms with E-state index in [9.17, 15) is 13.2 Å². The second-order valence-electron chi connectivity index (χ2n) is 18.1. The van der Waals surface area contributed by atoms with Crippen molar-refractivity contribution in [2.75, 3.05) is 0 Å². The fourth-order valence-corrected chi connectivity index (χ4v) is 8.37. The van der Waals surface area contributed by atoms with Crippen molar-refractivity contribution in [3.05, 3.63) is 143 Å². The maximum absolute atomic E-state index is 14.0. The van der Waals surface area contributed by atoms with Crippen LogP contribution in [0.2, 0.25) is 0 Å². The van der Waals surface area contributed by atoms with Gasteiger partial charge in [-0.1, -0.05) is 140 Å². The molecule has 4 nitrogen and oxygen atoms in total. The van der Waals surface area contributed by atoms with Crippen LogP contribution in [0.25, 0.3) is 55.5 Å². The molecule has 0 aliphatic carbocycles. The van der Waals surface area contributed by atoms with Gasteiger partial charge in [0.15, 0.2) is 0 Å². The summed E-state index contributed by atoms with van der Waals surface area (Å²) >= 11 is 0. The maximum atomic E-state index is 14.0. The van der Waals surface area contributed by atoms with Gasteiger partial charge < -0.3 is 19.4 Å². The first kappa shape index (κ1) is 44.8. The number of aryl methyl sites for hydroxylation is 2. The molecule has 0 radical (unpaired) electrons. The molecule has 5 aromatic carbocycles. The summed E-state index contributed by atoms with van der Waals surface area (Å²) in [5.74, 6) is 2.94. The summed E-state index contributed by atoms with van der Waals surface area (Å²) in [6.45, 7) is 20.0. The SMILES string of the molecule is Cc1cc(Oc2[c-]c(-c3cc(C)ccn3)cc(-c3c(C(C)C)cc(C(C)C)cc3C(C)C)c2)[c-]c(-c2nccc3c2Oc2cc(CC(C)(C)C(F)(F)F)cc4cccc-3c24)c1.[Pt+2]. The molecular weight excluding hydrogens is 961 g/mol. The molecular formula is C54H51F3N2O2Pt. The first-order valence-electron chi connectivity index (χ1n) is 21.1. The van der Waals surface area contributed by atoms with Gasteiger partial charge in [-0.05, 0) is 93.8 Å². The summed E-state index contributed by atoms with van der Waals surface area (Å²) in [7, 11) is 0. The molecule has 1 aliphatic heterocycles. The van der Waals surface area contributed by atoms with Gasteiger partial charge in [0.2, 0.25) is 0 Å². The average molecular weight is 1010 g/mol. The molecule has 1 aliphatic rings. The minimum absolute atomic E-state index is 0. The maximum Gasteiger partial charge on any atom is 2.00 e. The van der Waals surface area contributed by atoms with Gasteiger partial charge in [0.05, 0.1) is 5.41 Å². The zero-order valence-corrected chi connectivity index (χ0v) is 39.1. The molecule has 0 spiro atoms. The second-order valence-corrected chi connectivity index (χ2v) is 18.1. The number of aromatic nitrogens is 2. The zero-order valence-electron chi connectivity index (χ0n) is 36.8. The minimum Gasteiger partial charge on any atom is -0.497 e. The van der Waals surface area contributed by atoms with E-state index >= 15 is 0 Å². The fourth-order valence-electron chi connectivity index (χ4n) is 8.37. The van der Waals surface area contributed by atoms with E-state index < -0.39 is 11.6 Å². The monoisotopic (exact) mass is 1010 g/mol. The molecule has 0 atom stereocenters. The van der Waals surface area contributed by atoms with Gasteiger partial charge >= 0.3 is 27.2 Å². The quantitative estimate of drug-likeness (QED) is 0.128. The summed E-state index contributed by atoms with van der Waals surface area (Å²) in [4.78, 5) is 9.56. The van der Waals surface area contributed by atoms with E-state index in [1.165, 1.54) is 36.1 Å². The molecule has 0 saturated carbocycles. The molecule has 320 valence electrons. The van der Waals surface area contributed by atoms with E-state index in [2.05, 4.69) is 90.9 Å². The third-order valence-electron chi connectivity index (χ3n) is 11.7. The number of halogens is 3. The van der Waals surface area contributed by atoms with Crippen LogP contribution >= 0.6 is 0 Å².